The standard InChI is InChI=1S/C24H19N3O6S/c1-27-12-14(9-20-23(30)22-18(29)10-16(28)11-19(22)33-20)21-17(6-7-25-24(21)27)13-4-3-5-15(8-13)26-34(2,31)32/h3-12,26,28-29H,1-2H3. The van der Waals surface area contributed by atoms with E-state index < -0.39 is 15.8 Å². The van der Waals surface area contributed by atoms with Gasteiger partial charge in [0.05, 0.1) is 6.26 Å². The van der Waals surface area contributed by atoms with Crippen LogP contribution in [-0.4, -0.2) is 40.2 Å². The lowest BCUT2D eigenvalue weighted by molar-refractivity contribution is 0.101. The van der Waals surface area contributed by atoms with Crippen molar-refractivity contribution in [2.45, 2.75) is 0 Å². The number of aryl methyl sites for hydroxylation is 1. The topological polar surface area (TPSA) is 131 Å². The van der Waals surface area contributed by atoms with Gasteiger partial charge in [0.15, 0.2) is 5.76 Å². The van der Waals surface area contributed by atoms with Crippen molar-refractivity contribution in [3.63, 3.8) is 0 Å². The van der Waals surface area contributed by atoms with Gasteiger partial charge in [-0.05, 0) is 35.4 Å². The zero-order valence-electron chi connectivity index (χ0n) is 18.1. The summed E-state index contributed by atoms with van der Waals surface area (Å²) in [6.45, 7) is 0. The Morgan fingerprint density at radius 1 is 1.15 bits per heavy atom. The van der Waals surface area contributed by atoms with Gasteiger partial charge in [-0.25, -0.2) is 13.4 Å². The van der Waals surface area contributed by atoms with E-state index in [4.69, 9.17) is 4.74 Å². The van der Waals surface area contributed by atoms with Gasteiger partial charge in [0.1, 0.15) is 28.5 Å². The summed E-state index contributed by atoms with van der Waals surface area (Å²) in [6, 6.07) is 11.1. The summed E-state index contributed by atoms with van der Waals surface area (Å²) in [7, 11) is -1.63. The summed E-state index contributed by atoms with van der Waals surface area (Å²) >= 11 is 0. The fraction of sp³-hybridized carbons (Fsp3) is 0.0833. The van der Waals surface area contributed by atoms with Crippen molar-refractivity contribution in [3.05, 3.63) is 71.7 Å². The van der Waals surface area contributed by atoms with E-state index in [-0.39, 0.29) is 28.6 Å². The number of ketones is 1. The lowest BCUT2D eigenvalue weighted by Crippen LogP contribution is -2.09. The van der Waals surface area contributed by atoms with Crippen LogP contribution in [0.1, 0.15) is 15.9 Å². The maximum atomic E-state index is 12.9. The highest BCUT2D eigenvalue weighted by molar-refractivity contribution is 7.92. The Morgan fingerprint density at radius 2 is 1.94 bits per heavy atom. The first-order valence-electron chi connectivity index (χ1n) is 10.1. The molecule has 0 fully saturated rings. The second-order valence-electron chi connectivity index (χ2n) is 7.99. The van der Waals surface area contributed by atoms with Crippen LogP contribution in [-0.2, 0) is 17.1 Å². The Kier molecular flexibility index (Phi) is 4.83. The monoisotopic (exact) mass is 477 g/mol. The summed E-state index contributed by atoms with van der Waals surface area (Å²) in [5.74, 6) is -1.02. The van der Waals surface area contributed by atoms with Crippen LogP contribution in [0.3, 0.4) is 0 Å². The van der Waals surface area contributed by atoms with Crippen molar-refractivity contribution >= 4 is 38.6 Å². The van der Waals surface area contributed by atoms with Gasteiger partial charge in [0.25, 0.3) is 0 Å². The largest absolute Gasteiger partial charge is 0.508 e. The highest BCUT2D eigenvalue weighted by atomic mass is 32.2. The van der Waals surface area contributed by atoms with E-state index in [1.54, 1.807) is 47.3 Å². The van der Waals surface area contributed by atoms with Gasteiger partial charge in [0, 0.05) is 48.2 Å². The number of allylic oxidation sites excluding steroid dienone is 1. The van der Waals surface area contributed by atoms with Gasteiger partial charge in [-0.3, -0.25) is 9.52 Å². The molecule has 0 bridgehead atoms. The lowest BCUT2D eigenvalue weighted by atomic mass is 10.00. The van der Waals surface area contributed by atoms with Crippen LogP contribution in [0.4, 0.5) is 5.69 Å². The zero-order valence-corrected chi connectivity index (χ0v) is 18.9. The molecule has 5 rings (SSSR count). The maximum Gasteiger partial charge on any atom is 0.235 e. The maximum absolute atomic E-state index is 12.9. The van der Waals surface area contributed by atoms with E-state index in [2.05, 4.69) is 9.71 Å². The molecule has 4 aromatic rings. The minimum Gasteiger partial charge on any atom is -0.508 e. The molecule has 9 nitrogen and oxygen atoms in total. The molecule has 172 valence electrons. The van der Waals surface area contributed by atoms with Crippen LogP contribution in [0.25, 0.3) is 28.2 Å². The van der Waals surface area contributed by atoms with Crippen LogP contribution in [0.2, 0.25) is 0 Å². The number of hydrogen-bond donors (Lipinski definition) is 3. The predicted octanol–water partition coefficient (Wildman–Crippen LogP) is 3.64. The third kappa shape index (κ3) is 3.73. The van der Waals surface area contributed by atoms with Gasteiger partial charge in [-0.2, -0.15) is 0 Å². The Bertz CT molecular complexity index is 1640. The van der Waals surface area contributed by atoms with Crippen molar-refractivity contribution in [2.24, 2.45) is 7.05 Å². The second-order valence-corrected chi connectivity index (χ2v) is 9.73. The van der Waals surface area contributed by atoms with Crippen molar-refractivity contribution in [1.82, 2.24) is 9.55 Å². The number of pyridine rings is 1. The smallest absolute Gasteiger partial charge is 0.235 e. The number of nitrogens with one attached hydrogen (secondary N) is 1. The molecule has 1 aliphatic heterocycles. The molecule has 0 spiro atoms. The molecule has 34 heavy (non-hydrogen) atoms. The molecule has 2 aromatic carbocycles. The summed E-state index contributed by atoms with van der Waals surface area (Å²) in [5, 5.41) is 20.5. The third-order valence-corrected chi connectivity index (χ3v) is 5.99. The van der Waals surface area contributed by atoms with Crippen LogP contribution in [0, 0.1) is 0 Å². The molecular weight excluding hydrogens is 458 g/mol. The molecule has 3 N–H and O–H groups in total. The van der Waals surface area contributed by atoms with Gasteiger partial charge in [-0.15, -0.1) is 0 Å². The Labute approximate surface area is 194 Å². The fourth-order valence-electron chi connectivity index (χ4n) is 4.07. The van der Waals surface area contributed by atoms with Gasteiger partial charge in [-0.1, -0.05) is 12.1 Å². The first-order chi connectivity index (χ1) is 16.1. The molecule has 0 amide bonds. The Hall–Kier alpha value is -4.31. The molecule has 0 saturated carbocycles. The quantitative estimate of drug-likeness (QED) is 0.383. The molecule has 0 aliphatic carbocycles. The molecule has 0 atom stereocenters. The number of nitrogens with zero attached hydrogens (tertiary/aromatic N) is 2. The van der Waals surface area contributed by atoms with Crippen molar-refractivity contribution in [2.75, 3.05) is 11.0 Å². The number of anilines is 1. The van der Waals surface area contributed by atoms with Gasteiger partial charge in [0.2, 0.25) is 15.8 Å². The number of fused-ring (bicyclic) bond motifs is 2. The van der Waals surface area contributed by atoms with E-state index in [9.17, 15) is 23.4 Å². The molecule has 0 saturated heterocycles. The normalized spacial score (nSPS) is 14.4. The molecule has 0 unspecified atom stereocenters. The number of ether oxygens (including phenoxy) is 1. The van der Waals surface area contributed by atoms with E-state index in [1.807, 2.05) is 13.1 Å². The third-order valence-electron chi connectivity index (χ3n) is 5.39. The summed E-state index contributed by atoms with van der Waals surface area (Å²) < 4.78 is 33.3. The number of aromatic hydroxyl groups is 2. The predicted molar refractivity (Wildman–Crippen MR) is 127 cm³/mol. The second kappa shape index (κ2) is 7.63. The van der Waals surface area contributed by atoms with E-state index in [0.717, 1.165) is 28.8 Å². The van der Waals surface area contributed by atoms with Crippen molar-refractivity contribution < 1.29 is 28.2 Å². The van der Waals surface area contributed by atoms with Crippen LogP contribution in [0.5, 0.6) is 17.2 Å². The van der Waals surface area contributed by atoms with Crippen LogP contribution in [0.15, 0.2) is 60.6 Å². The first kappa shape index (κ1) is 21.5. The average molecular weight is 477 g/mol. The van der Waals surface area contributed by atoms with Gasteiger partial charge >= 0.3 is 0 Å². The van der Waals surface area contributed by atoms with Gasteiger partial charge < -0.3 is 19.5 Å². The minimum absolute atomic E-state index is 0.00861. The molecule has 0 radical (unpaired) electrons. The number of sulfonamides is 1. The summed E-state index contributed by atoms with van der Waals surface area (Å²) in [4.78, 5) is 17.3. The Balaban J connectivity index is 1.65. The van der Waals surface area contributed by atoms with Crippen molar-refractivity contribution in [1.29, 1.82) is 0 Å². The number of hydrogen-bond acceptors (Lipinski definition) is 7. The van der Waals surface area contributed by atoms with Crippen molar-refractivity contribution in [3.8, 4) is 28.4 Å². The Morgan fingerprint density at radius 3 is 2.71 bits per heavy atom. The molecule has 2 aromatic heterocycles. The molecular formula is C24H19N3O6S. The number of phenolic OH excluding ortho intramolecular Hbond substituents is 2. The molecule has 3 heterocycles. The average Bonchev–Trinajstić information content (AvgIpc) is 3.23. The number of aromatic nitrogens is 2. The zero-order chi connectivity index (χ0) is 24.2. The number of benzene rings is 2. The first-order valence-corrected chi connectivity index (χ1v) is 12.0. The fourth-order valence-corrected chi connectivity index (χ4v) is 4.63. The van der Waals surface area contributed by atoms with E-state index in [0.29, 0.717) is 16.9 Å². The number of carbonyl (C=O) groups excluding carboxylic acids is 1. The van der Waals surface area contributed by atoms with E-state index in [1.165, 1.54) is 6.07 Å². The number of rotatable bonds is 4. The summed E-state index contributed by atoms with van der Waals surface area (Å²) in [6.07, 6.45) is 6.09. The highest BCUT2D eigenvalue weighted by Gasteiger charge is 2.31. The molecule has 1 aliphatic rings. The lowest BCUT2D eigenvalue weighted by Gasteiger charge is -2.09. The van der Waals surface area contributed by atoms with E-state index >= 15 is 0 Å². The highest BCUT2D eigenvalue weighted by Crippen LogP contribution is 2.41. The summed E-state index contributed by atoms with van der Waals surface area (Å²) in [5.41, 5.74) is 3.22. The number of carbonyl (C=O) groups is 1. The number of phenols is 2. The van der Waals surface area contributed by atoms with Crippen LogP contribution < -0.4 is 9.46 Å². The minimum atomic E-state index is -3.45. The SMILES string of the molecule is Cn1cc(C=C2Oc3cc(O)cc(O)c3C2=O)c2c(-c3cccc(NS(C)(=O)=O)c3)ccnc21. The van der Waals surface area contributed by atoms with Crippen LogP contribution >= 0.6 is 0 Å². The number of Topliss-reactive ketones (excluding diaryl/α,β-unsaturated/α-hetero) is 1. The molecule has 10 heteroatoms.